The topological polar surface area (TPSA) is 62.2 Å². The second-order valence-corrected chi connectivity index (χ2v) is 4.56. The third-order valence-corrected chi connectivity index (χ3v) is 3.26. The van der Waals surface area contributed by atoms with Crippen LogP contribution >= 0.6 is 23.2 Å². The number of benzene rings is 1. The molecule has 0 spiro atoms. The molecule has 1 heterocycles. The minimum absolute atomic E-state index is 0.0106. The fourth-order valence-electron chi connectivity index (χ4n) is 1.52. The number of aromatic carboxylic acids is 1. The Labute approximate surface area is 120 Å². The van der Waals surface area contributed by atoms with Gasteiger partial charge in [-0.05, 0) is 24.3 Å². The van der Waals surface area contributed by atoms with Crippen molar-refractivity contribution >= 4 is 34.9 Å². The fraction of sp³-hybridized carbons (Fsp3) is 0.0769. The molecule has 0 radical (unpaired) electrons. The summed E-state index contributed by atoms with van der Waals surface area (Å²) in [4.78, 5) is 14.8. The molecule has 1 aromatic heterocycles. The minimum Gasteiger partial charge on any atom is -0.477 e. The Morgan fingerprint density at radius 3 is 2.68 bits per heavy atom. The third kappa shape index (κ3) is 3.36. The lowest BCUT2D eigenvalue weighted by atomic mass is 10.2. The number of anilines is 1. The lowest BCUT2D eigenvalue weighted by Crippen LogP contribution is -2.06. The Kier molecular flexibility index (Phi) is 4.24. The van der Waals surface area contributed by atoms with Crippen LogP contribution in [0.4, 0.5) is 5.69 Å². The molecule has 98 valence electrons. The maximum atomic E-state index is 10.8. The van der Waals surface area contributed by atoms with Gasteiger partial charge in [0, 0.05) is 0 Å². The highest BCUT2D eigenvalue weighted by molar-refractivity contribution is 6.43. The van der Waals surface area contributed by atoms with E-state index in [1.807, 2.05) is 0 Å². The van der Waals surface area contributed by atoms with Crippen molar-refractivity contribution in [3.05, 3.63) is 57.8 Å². The summed E-state index contributed by atoms with van der Waals surface area (Å²) in [6, 6.07) is 10.1. The van der Waals surface area contributed by atoms with Crippen molar-refractivity contribution in [3.63, 3.8) is 0 Å². The summed E-state index contributed by atoms with van der Waals surface area (Å²) in [6.45, 7) is 0.362. The predicted molar refractivity (Wildman–Crippen MR) is 75.0 cm³/mol. The van der Waals surface area contributed by atoms with Gasteiger partial charge in [-0.3, -0.25) is 0 Å². The summed E-state index contributed by atoms with van der Waals surface area (Å²) < 4.78 is 0. The Hall–Kier alpha value is -1.78. The molecule has 1 aromatic carbocycles. The number of pyridine rings is 1. The number of nitrogens with one attached hydrogen (secondary N) is 1. The number of carboxylic acids is 1. The molecule has 0 fully saturated rings. The van der Waals surface area contributed by atoms with Crippen molar-refractivity contribution < 1.29 is 9.90 Å². The number of halogens is 2. The molecule has 0 aliphatic carbocycles. The summed E-state index contributed by atoms with van der Waals surface area (Å²) in [5.41, 5.74) is 1.30. The molecule has 0 saturated carbocycles. The summed E-state index contributed by atoms with van der Waals surface area (Å²) >= 11 is 11.9. The van der Waals surface area contributed by atoms with Gasteiger partial charge >= 0.3 is 5.97 Å². The molecule has 2 rings (SSSR count). The van der Waals surface area contributed by atoms with Gasteiger partial charge in [0.05, 0.1) is 28.0 Å². The second kappa shape index (κ2) is 5.91. The highest BCUT2D eigenvalue weighted by Gasteiger charge is 2.07. The zero-order valence-corrected chi connectivity index (χ0v) is 11.2. The van der Waals surface area contributed by atoms with Crippen molar-refractivity contribution in [2.75, 3.05) is 5.32 Å². The van der Waals surface area contributed by atoms with Crippen LogP contribution in [0.25, 0.3) is 0 Å². The zero-order valence-electron chi connectivity index (χ0n) is 9.73. The number of hydrogen-bond acceptors (Lipinski definition) is 3. The lowest BCUT2D eigenvalue weighted by molar-refractivity contribution is 0.0690. The van der Waals surface area contributed by atoms with Gasteiger partial charge in [0.1, 0.15) is 5.69 Å². The van der Waals surface area contributed by atoms with Crippen LogP contribution in [0.15, 0.2) is 36.4 Å². The monoisotopic (exact) mass is 296 g/mol. The smallest absolute Gasteiger partial charge is 0.354 e. The maximum absolute atomic E-state index is 10.8. The van der Waals surface area contributed by atoms with Gasteiger partial charge in [0.2, 0.25) is 0 Å². The standard InChI is InChI=1S/C13H10Cl2N2O2/c14-9-4-2-5-10(12(9)15)16-7-8-3-1-6-11(17-8)13(18)19/h1-6,16H,7H2,(H,18,19). The Morgan fingerprint density at radius 1 is 1.21 bits per heavy atom. The first-order valence-corrected chi connectivity index (χ1v) is 6.20. The largest absolute Gasteiger partial charge is 0.477 e. The molecular weight excluding hydrogens is 287 g/mol. The van der Waals surface area contributed by atoms with Crippen LogP contribution in [-0.4, -0.2) is 16.1 Å². The van der Waals surface area contributed by atoms with Crippen LogP contribution in [0.3, 0.4) is 0 Å². The van der Waals surface area contributed by atoms with Gasteiger partial charge in [-0.25, -0.2) is 9.78 Å². The van der Waals surface area contributed by atoms with E-state index in [-0.39, 0.29) is 5.69 Å². The number of carbonyl (C=O) groups is 1. The quantitative estimate of drug-likeness (QED) is 0.903. The van der Waals surface area contributed by atoms with Crippen LogP contribution in [0, 0.1) is 0 Å². The number of aromatic nitrogens is 1. The molecule has 0 unspecified atom stereocenters. The van der Waals surface area contributed by atoms with E-state index >= 15 is 0 Å². The van der Waals surface area contributed by atoms with Gasteiger partial charge in [0.15, 0.2) is 0 Å². The van der Waals surface area contributed by atoms with E-state index < -0.39 is 5.97 Å². The Balaban J connectivity index is 2.12. The normalized spacial score (nSPS) is 10.2. The molecule has 0 atom stereocenters. The Bertz CT molecular complexity index is 617. The zero-order chi connectivity index (χ0) is 13.8. The van der Waals surface area contributed by atoms with Gasteiger partial charge in [-0.1, -0.05) is 35.3 Å². The highest BCUT2D eigenvalue weighted by Crippen LogP contribution is 2.29. The van der Waals surface area contributed by atoms with Gasteiger partial charge in [-0.2, -0.15) is 0 Å². The van der Waals surface area contributed by atoms with E-state index in [1.165, 1.54) is 6.07 Å². The van der Waals surface area contributed by atoms with Crippen LogP contribution < -0.4 is 5.32 Å². The number of nitrogens with zero attached hydrogens (tertiary/aromatic N) is 1. The van der Waals surface area contributed by atoms with E-state index in [4.69, 9.17) is 28.3 Å². The first kappa shape index (κ1) is 13.6. The van der Waals surface area contributed by atoms with Gasteiger partial charge < -0.3 is 10.4 Å². The first-order valence-electron chi connectivity index (χ1n) is 5.45. The van der Waals surface area contributed by atoms with E-state index in [0.717, 1.165) is 0 Å². The summed E-state index contributed by atoms with van der Waals surface area (Å²) in [5.74, 6) is -1.05. The third-order valence-electron chi connectivity index (χ3n) is 2.44. The summed E-state index contributed by atoms with van der Waals surface area (Å²) in [6.07, 6.45) is 0. The predicted octanol–water partition coefficient (Wildman–Crippen LogP) is 3.70. The molecule has 4 nitrogen and oxygen atoms in total. The molecule has 0 aliphatic heterocycles. The highest BCUT2D eigenvalue weighted by atomic mass is 35.5. The summed E-state index contributed by atoms with van der Waals surface area (Å²) in [7, 11) is 0. The molecule has 2 N–H and O–H groups in total. The molecular formula is C13H10Cl2N2O2. The maximum Gasteiger partial charge on any atom is 0.354 e. The molecule has 2 aromatic rings. The van der Waals surface area contributed by atoms with E-state index in [0.29, 0.717) is 28.0 Å². The van der Waals surface area contributed by atoms with Crippen LogP contribution in [0.1, 0.15) is 16.2 Å². The average Bonchev–Trinajstić information content (AvgIpc) is 2.41. The molecule has 0 amide bonds. The van der Waals surface area contributed by atoms with Crippen LogP contribution in [-0.2, 0) is 6.54 Å². The van der Waals surface area contributed by atoms with Crippen LogP contribution in [0.2, 0.25) is 10.0 Å². The molecule has 0 saturated heterocycles. The van der Waals surface area contributed by atoms with Crippen molar-refractivity contribution in [3.8, 4) is 0 Å². The number of carboxylic acid groups (broad SMARTS) is 1. The minimum atomic E-state index is -1.05. The average molecular weight is 297 g/mol. The number of rotatable bonds is 4. The van der Waals surface area contributed by atoms with Crippen molar-refractivity contribution in [2.24, 2.45) is 0 Å². The SMILES string of the molecule is O=C(O)c1cccc(CNc2cccc(Cl)c2Cl)n1. The first-order chi connectivity index (χ1) is 9.08. The summed E-state index contributed by atoms with van der Waals surface area (Å²) in [5, 5.41) is 12.8. The molecule has 19 heavy (non-hydrogen) atoms. The fourth-order valence-corrected chi connectivity index (χ4v) is 1.89. The van der Waals surface area contributed by atoms with Crippen molar-refractivity contribution in [1.82, 2.24) is 4.98 Å². The van der Waals surface area contributed by atoms with Gasteiger partial charge in [-0.15, -0.1) is 0 Å². The van der Waals surface area contributed by atoms with E-state index in [2.05, 4.69) is 10.3 Å². The lowest BCUT2D eigenvalue weighted by Gasteiger charge is -2.09. The van der Waals surface area contributed by atoms with Gasteiger partial charge in [0.25, 0.3) is 0 Å². The van der Waals surface area contributed by atoms with E-state index in [1.54, 1.807) is 30.3 Å². The second-order valence-electron chi connectivity index (χ2n) is 3.77. The molecule has 0 bridgehead atoms. The van der Waals surface area contributed by atoms with Crippen molar-refractivity contribution in [1.29, 1.82) is 0 Å². The van der Waals surface area contributed by atoms with Crippen molar-refractivity contribution in [2.45, 2.75) is 6.54 Å². The van der Waals surface area contributed by atoms with Crippen LogP contribution in [0.5, 0.6) is 0 Å². The number of hydrogen-bond donors (Lipinski definition) is 2. The van der Waals surface area contributed by atoms with E-state index in [9.17, 15) is 4.79 Å². The molecule has 0 aliphatic rings. The molecule has 6 heteroatoms. The Morgan fingerprint density at radius 2 is 1.95 bits per heavy atom.